The minimum absolute atomic E-state index is 0.674. The van der Waals surface area contributed by atoms with Crippen LogP contribution in [0.25, 0.3) is 51.2 Å². The lowest BCUT2D eigenvalue weighted by Gasteiger charge is -2.24. The number of hydrogen-bond donors (Lipinski definition) is 4. The van der Waals surface area contributed by atoms with Gasteiger partial charge in [-0.3, -0.25) is 5.10 Å². The van der Waals surface area contributed by atoms with Gasteiger partial charge in [0.05, 0.1) is 16.4 Å². The molecule has 3 aromatic heterocycles. The van der Waals surface area contributed by atoms with E-state index in [4.69, 9.17) is 4.98 Å². The zero-order valence-electron chi connectivity index (χ0n) is 26.0. The third-order valence-corrected chi connectivity index (χ3v) is 9.32. The first-order chi connectivity index (χ1) is 21.3. The number of nitrogens with zero attached hydrogens (tertiary/aromatic N) is 2. The van der Waals surface area contributed by atoms with Crippen molar-refractivity contribution in [2.45, 2.75) is 40.0 Å². The molecule has 4 aromatic rings. The highest BCUT2D eigenvalue weighted by atomic mass is 32.1. The number of aromatic amines is 2. The topological polar surface area (TPSA) is 81.4 Å². The van der Waals surface area contributed by atoms with E-state index in [0.29, 0.717) is 17.4 Å². The summed E-state index contributed by atoms with van der Waals surface area (Å²) in [6.45, 7) is 25.1. The number of benzene rings is 1. The zero-order chi connectivity index (χ0) is 31.2. The molecule has 226 valence electrons. The number of rotatable bonds is 11. The quantitative estimate of drug-likeness (QED) is 0.135. The van der Waals surface area contributed by atoms with E-state index < -0.39 is 0 Å². The van der Waals surface area contributed by atoms with Gasteiger partial charge in [-0.1, -0.05) is 50.6 Å². The van der Waals surface area contributed by atoms with Crippen molar-refractivity contribution in [2.75, 3.05) is 13.1 Å². The number of H-pyrrole nitrogens is 2. The fourth-order valence-corrected chi connectivity index (χ4v) is 6.46. The molecule has 0 saturated carbocycles. The first-order valence-corrected chi connectivity index (χ1v) is 15.9. The van der Waals surface area contributed by atoms with Crippen molar-refractivity contribution in [3.05, 3.63) is 112 Å². The van der Waals surface area contributed by atoms with Crippen LogP contribution >= 0.6 is 11.3 Å². The fourth-order valence-electron chi connectivity index (χ4n) is 5.50. The summed E-state index contributed by atoms with van der Waals surface area (Å²) in [6.07, 6.45) is 13.5. The van der Waals surface area contributed by atoms with E-state index in [1.807, 2.05) is 38.1 Å². The molecule has 1 aliphatic heterocycles. The average molecular weight is 603 g/mol. The van der Waals surface area contributed by atoms with Crippen LogP contribution < -0.4 is 21.2 Å². The van der Waals surface area contributed by atoms with Crippen LogP contribution in [0.1, 0.15) is 44.9 Å². The Labute approximate surface area is 264 Å². The maximum Gasteiger partial charge on any atom is 0.159 e. The van der Waals surface area contributed by atoms with Crippen LogP contribution in [0.4, 0.5) is 0 Å². The molecule has 1 aliphatic rings. The second kappa shape index (κ2) is 13.9. The third kappa shape index (κ3) is 7.01. The van der Waals surface area contributed by atoms with E-state index in [2.05, 4.69) is 95.5 Å². The van der Waals surface area contributed by atoms with Gasteiger partial charge in [0.2, 0.25) is 0 Å². The molecule has 5 rings (SSSR count). The summed E-state index contributed by atoms with van der Waals surface area (Å²) in [4.78, 5) is 10.7. The van der Waals surface area contributed by atoms with E-state index in [1.54, 1.807) is 11.3 Å². The van der Waals surface area contributed by atoms with Crippen LogP contribution in [0, 0.1) is 5.92 Å². The molecule has 0 unspecified atom stereocenters. The normalized spacial score (nSPS) is 15.6. The molecular weight excluding hydrogens is 561 g/mol. The lowest BCUT2D eigenvalue weighted by atomic mass is 9.93. The SMILES string of the molecule is C=C\C(=C/C(=C\C)C(/C)=C/C=c1/[nH]nc(-c2nc3c(-c4ccc(C(=C)C)s4)cccc3[nH]2)c1=C)NC(=C)CC1CCNCC1. The van der Waals surface area contributed by atoms with Gasteiger partial charge in [0, 0.05) is 31.9 Å². The highest BCUT2D eigenvalue weighted by molar-refractivity contribution is 7.16. The molecule has 6 nitrogen and oxygen atoms in total. The smallest absolute Gasteiger partial charge is 0.159 e. The number of para-hydroxylation sites is 1. The van der Waals surface area contributed by atoms with Crippen LogP contribution in [0.2, 0.25) is 0 Å². The molecule has 0 radical (unpaired) electrons. The monoisotopic (exact) mass is 602 g/mol. The van der Waals surface area contributed by atoms with Gasteiger partial charge in [-0.05, 0) is 112 Å². The molecule has 0 spiro atoms. The Balaban J connectivity index is 1.36. The van der Waals surface area contributed by atoms with Gasteiger partial charge in [0.1, 0.15) is 5.69 Å². The van der Waals surface area contributed by atoms with E-state index in [-0.39, 0.29) is 0 Å². The Morgan fingerprint density at radius 1 is 1.14 bits per heavy atom. The number of nitrogens with one attached hydrogen (secondary N) is 4. The summed E-state index contributed by atoms with van der Waals surface area (Å²) in [7, 11) is 0. The summed E-state index contributed by atoms with van der Waals surface area (Å²) in [6, 6.07) is 10.4. The number of hydrogen-bond acceptors (Lipinski definition) is 5. The number of allylic oxidation sites excluding steroid dienone is 8. The Kier molecular flexibility index (Phi) is 9.78. The Hall–Kier alpha value is -4.46. The molecule has 4 heterocycles. The minimum Gasteiger partial charge on any atom is -0.359 e. The Morgan fingerprint density at radius 2 is 1.93 bits per heavy atom. The van der Waals surface area contributed by atoms with Crippen LogP contribution in [0.5, 0.6) is 0 Å². The van der Waals surface area contributed by atoms with Gasteiger partial charge in [-0.15, -0.1) is 11.3 Å². The van der Waals surface area contributed by atoms with Gasteiger partial charge >= 0.3 is 0 Å². The summed E-state index contributed by atoms with van der Waals surface area (Å²) >= 11 is 1.73. The van der Waals surface area contributed by atoms with Crippen molar-refractivity contribution in [1.29, 1.82) is 0 Å². The first kappa shape index (κ1) is 31.0. The molecule has 0 aliphatic carbocycles. The van der Waals surface area contributed by atoms with E-state index in [0.717, 1.165) is 79.7 Å². The van der Waals surface area contributed by atoms with Crippen molar-refractivity contribution in [3.63, 3.8) is 0 Å². The second-order valence-electron chi connectivity index (χ2n) is 11.4. The summed E-state index contributed by atoms with van der Waals surface area (Å²) in [5, 5.41) is 16.3. The number of imidazole rings is 1. The molecule has 44 heavy (non-hydrogen) atoms. The Bertz CT molecular complexity index is 1900. The molecule has 1 aromatic carbocycles. The number of aromatic nitrogens is 4. The molecule has 0 amide bonds. The molecule has 7 heteroatoms. The standard InChI is InChI=1S/C37H42N6S/c1-8-28(22-29(9-2)39-25(6)21-27-17-19-38-20-18-27)24(5)13-14-31-26(7)35(43-42-31)37-40-32-12-10-11-30(36(32)41-37)34-16-15-33(44-34)23(3)4/h8-16,22,27,38-39,42H,2-3,6-7,17-21H2,1,4-5H3,(H,40,41)/b24-13+,28-8+,29-22+,31-14+. The van der Waals surface area contributed by atoms with Gasteiger partial charge in [-0.2, -0.15) is 5.10 Å². The van der Waals surface area contributed by atoms with E-state index in [1.165, 1.54) is 17.7 Å². The highest BCUT2D eigenvalue weighted by Gasteiger charge is 2.15. The average Bonchev–Trinajstić information content (AvgIpc) is 3.77. The largest absolute Gasteiger partial charge is 0.359 e. The maximum atomic E-state index is 4.96. The molecule has 1 saturated heterocycles. The predicted octanol–water partition coefficient (Wildman–Crippen LogP) is 7.36. The van der Waals surface area contributed by atoms with Crippen LogP contribution in [0.3, 0.4) is 0 Å². The maximum absolute atomic E-state index is 4.96. The second-order valence-corrected chi connectivity index (χ2v) is 12.5. The zero-order valence-corrected chi connectivity index (χ0v) is 26.8. The summed E-state index contributed by atoms with van der Waals surface area (Å²) in [5.74, 6) is 1.36. The lowest BCUT2D eigenvalue weighted by molar-refractivity contribution is 0.368. The summed E-state index contributed by atoms with van der Waals surface area (Å²) in [5.41, 5.74) is 8.89. The number of fused-ring (bicyclic) bond motifs is 1. The van der Waals surface area contributed by atoms with Crippen molar-refractivity contribution >= 4 is 40.6 Å². The van der Waals surface area contributed by atoms with E-state index in [9.17, 15) is 0 Å². The first-order valence-electron chi connectivity index (χ1n) is 15.1. The van der Waals surface area contributed by atoms with Crippen molar-refractivity contribution in [2.24, 2.45) is 5.92 Å². The molecule has 0 atom stereocenters. The predicted molar refractivity (Wildman–Crippen MR) is 189 cm³/mol. The number of thiophene rings is 1. The number of piperidine rings is 1. The fraction of sp³-hybridized carbons (Fsp3) is 0.243. The van der Waals surface area contributed by atoms with Gasteiger partial charge in [-0.25, -0.2) is 4.98 Å². The van der Waals surface area contributed by atoms with E-state index >= 15 is 0 Å². The van der Waals surface area contributed by atoms with Crippen molar-refractivity contribution < 1.29 is 0 Å². The van der Waals surface area contributed by atoms with Crippen LogP contribution in [0.15, 0.2) is 96.9 Å². The van der Waals surface area contributed by atoms with Gasteiger partial charge < -0.3 is 15.6 Å². The lowest BCUT2D eigenvalue weighted by Crippen LogP contribution is -2.28. The molecule has 4 N–H and O–H groups in total. The minimum atomic E-state index is 0.674. The Morgan fingerprint density at radius 3 is 2.64 bits per heavy atom. The van der Waals surface area contributed by atoms with Gasteiger partial charge in [0.15, 0.2) is 5.82 Å². The highest BCUT2D eigenvalue weighted by Crippen LogP contribution is 2.35. The molecule has 1 fully saturated rings. The van der Waals surface area contributed by atoms with Crippen LogP contribution in [-0.2, 0) is 0 Å². The molecular formula is C37H42N6S. The van der Waals surface area contributed by atoms with Crippen LogP contribution in [-0.4, -0.2) is 33.3 Å². The third-order valence-electron chi connectivity index (χ3n) is 8.04. The molecule has 0 bridgehead atoms. The van der Waals surface area contributed by atoms with Crippen molar-refractivity contribution in [1.82, 2.24) is 30.8 Å². The van der Waals surface area contributed by atoms with Crippen molar-refractivity contribution in [3.8, 4) is 22.0 Å². The summed E-state index contributed by atoms with van der Waals surface area (Å²) < 4.78 is 0. The van der Waals surface area contributed by atoms with Gasteiger partial charge in [0.25, 0.3) is 0 Å².